The molecule has 42 heavy (non-hydrogen) atoms. The lowest BCUT2D eigenvalue weighted by atomic mass is 9.98. The third-order valence-electron chi connectivity index (χ3n) is 7.56. The van der Waals surface area contributed by atoms with Gasteiger partial charge in [0.1, 0.15) is 18.0 Å². The number of morpholine rings is 1. The quantitative estimate of drug-likeness (QED) is 0.346. The molecule has 1 atom stereocenters. The second-order valence-corrected chi connectivity index (χ2v) is 10.6. The van der Waals surface area contributed by atoms with Gasteiger partial charge in [0.2, 0.25) is 0 Å². The van der Waals surface area contributed by atoms with Gasteiger partial charge in [-0.3, -0.25) is 14.5 Å². The Bertz CT molecular complexity index is 1410. The van der Waals surface area contributed by atoms with E-state index >= 15 is 0 Å². The minimum atomic E-state index is -0.340. The average Bonchev–Trinajstić information content (AvgIpc) is 3.49. The van der Waals surface area contributed by atoms with Crippen molar-refractivity contribution in [2.45, 2.75) is 12.5 Å². The molecule has 5 rings (SSSR count). The van der Waals surface area contributed by atoms with Crippen molar-refractivity contribution < 1.29 is 23.8 Å². The van der Waals surface area contributed by atoms with Crippen molar-refractivity contribution >= 4 is 29.1 Å². The number of benzene rings is 3. The van der Waals surface area contributed by atoms with Crippen molar-refractivity contribution in [2.75, 3.05) is 60.2 Å². The van der Waals surface area contributed by atoms with E-state index in [4.69, 9.17) is 30.9 Å². The minimum Gasteiger partial charge on any atom is -0.497 e. The summed E-state index contributed by atoms with van der Waals surface area (Å²) in [6.45, 7) is 3.80. The van der Waals surface area contributed by atoms with Crippen LogP contribution in [-0.4, -0.2) is 92.5 Å². The third-order valence-corrected chi connectivity index (χ3v) is 7.82. The molecule has 0 aliphatic carbocycles. The maximum atomic E-state index is 14.0. The second kappa shape index (κ2) is 13.8. The summed E-state index contributed by atoms with van der Waals surface area (Å²) in [5.41, 5.74) is 3.04. The first kappa shape index (κ1) is 29.6. The lowest BCUT2D eigenvalue weighted by Gasteiger charge is -2.31. The molecule has 1 fully saturated rings. The smallest absolute Gasteiger partial charge is 0.262 e. The Balaban J connectivity index is 1.41. The fourth-order valence-electron chi connectivity index (χ4n) is 5.15. The van der Waals surface area contributed by atoms with Crippen LogP contribution in [-0.2, 0) is 9.53 Å². The summed E-state index contributed by atoms with van der Waals surface area (Å²) in [4.78, 5) is 31.6. The van der Waals surface area contributed by atoms with Crippen molar-refractivity contribution in [2.24, 2.45) is 5.10 Å². The number of halogens is 1. The van der Waals surface area contributed by atoms with E-state index in [0.717, 1.165) is 29.9 Å². The highest BCUT2D eigenvalue weighted by atomic mass is 35.5. The van der Waals surface area contributed by atoms with Crippen LogP contribution in [0.15, 0.2) is 77.9 Å². The number of carbonyl (C=O) groups is 2. The van der Waals surface area contributed by atoms with Crippen LogP contribution in [0.5, 0.6) is 11.5 Å². The van der Waals surface area contributed by atoms with E-state index in [0.29, 0.717) is 54.8 Å². The number of hydrogen-bond acceptors (Lipinski definition) is 7. The summed E-state index contributed by atoms with van der Waals surface area (Å²) in [6.07, 6.45) is 0.515. The van der Waals surface area contributed by atoms with E-state index in [2.05, 4.69) is 4.90 Å². The summed E-state index contributed by atoms with van der Waals surface area (Å²) < 4.78 is 16.1. The molecule has 2 aliphatic rings. The van der Waals surface area contributed by atoms with Crippen LogP contribution in [0.2, 0.25) is 5.02 Å². The van der Waals surface area contributed by atoms with Gasteiger partial charge in [-0.1, -0.05) is 35.9 Å². The molecule has 2 amide bonds. The van der Waals surface area contributed by atoms with Gasteiger partial charge in [-0.15, -0.1) is 0 Å². The van der Waals surface area contributed by atoms with Gasteiger partial charge in [-0.25, -0.2) is 5.01 Å². The molecule has 0 aromatic heterocycles. The molecule has 9 nitrogen and oxygen atoms in total. The Morgan fingerprint density at radius 1 is 0.976 bits per heavy atom. The van der Waals surface area contributed by atoms with E-state index < -0.39 is 0 Å². The number of amides is 2. The summed E-state index contributed by atoms with van der Waals surface area (Å²) in [5, 5.41) is 6.93. The van der Waals surface area contributed by atoms with Crippen LogP contribution in [0, 0.1) is 0 Å². The molecule has 2 heterocycles. The zero-order valence-electron chi connectivity index (χ0n) is 23.9. The monoisotopic (exact) mass is 590 g/mol. The summed E-state index contributed by atoms with van der Waals surface area (Å²) in [7, 11) is 3.20. The van der Waals surface area contributed by atoms with Crippen LogP contribution in [0.25, 0.3) is 0 Å². The molecule has 0 bridgehead atoms. The number of ether oxygens (including phenoxy) is 3. The zero-order chi connectivity index (χ0) is 29.5. The predicted molar refractivity (Wildman–Crippen MR) is 161 cm³/mol. The molecule has 0 radical (unpaired) electrons. The molecule has 3 aromatic carbocycles. The lowest BCUT2D eigenvalue weighted by Crippen LogP contribution is -2.46. The zero-order valence-corrected chi connectivity index (χ0v) is 24.6. The van der Waals surface area contributed by atoms with Gasteiger partial charge in [0, 0.05) is 48.7 Å². The van der Waals surface area contributed by atoms with E-state index in [1.165, 1.54) is 5.01 Å². The molecule has 0 saturated carbocycles. The Morgan fingerprint density at radius 2 is 1.69 bits per heavy atom. The van der Waals surface area contributed by atoms with E-state index in [9.17, 15) is 9.59 Å². The fourth-order valence-corrected chi connectivity index (χ4v) is 5.28. The highest BCUT2D eigenvalue weighted by molar-refractivity contribution is 6.30. The van der Waals surface area contributed by atoms with E-state index in [-0.39, 0.29) is 24.4 Å². The standard InChI is InChI=1S/C32H35ClN4O5/c1-40-27-12-8-24(9-13-27)32(39)36(15-14-35-16-18-42-19-17-35)22-31(38)37-30(23-6-10-26(33)11-7-23)21-29(34-37)25-4-3-5-28(20-25)41-2/h3-13,20,30H,14-19,21-22H2,1-2H3. The van der Waals surface area contributed by atoms with Crippen molar-refractivity contribution in [1.29, 1.82) is 0 Å². The molecule has 1 unspecified atom stereocenters. The topological polar surface area (TPSA) is 83.9 Å². The molecule has 3 aromatic rings. The van der Waals surface area contributed by atoms with Crippen molar-refractivity contribution in [1.82, 2.24) is 14.8 Å². The van der Waals surface area contributed by atoms with Gasteiger partial charge in [-0.2, -0.15) is 5.10 Å². The van der Waals surface area contributed by atoms with Gasteiger partial charge in [0.25, 0.3) is 11.8 Å². The largest absolute Gasteiger partial charge is 0.497 e. The number of methoxy groups -OCH3 is 2. The summed E-state index contributed by atoms with van der Waals surface area (Å²) in [6, 6.07) is 21.7. The first-order valence-electron chi connectivity index (χ1n) is 14.0. The number of nitrogens with zero attached hydrogens (tertiary/aromatic N) is 4. The number of hydrogen-bond donors (Lipinski definition) is 0. The van der Waals surface area contributed by atoms with Crippen LogP contribution >= 0.6 is 11.6 Å². The Morgan fingerprint density at radius 3 is 2.38 bits per heavy atom. The first-order chi connectivity index (χ1) is 20.4. The van der Waals surface area contributed by atoms with Crippen LogP contribution < -0.4 is 9.47 Å². The van der Waals surface area contributed by atoms with Crippen LogP contribution in [0.1, 0.15) is 33.9 Å². The highest BCUT2D eigenvalue weighted by Crippen LogP contribution is 2.34. The minimum absolute atomic E-state index is 0.117. The Hall–Kier alpha value is -3.92. The van der Waals surface area contributed by atoms with E-state index in [1.54, 1.807) is 43.4 Å². The molecular weight excluding hydrogens is 556 g/mol. The van der Waals surface area contributed by atoms with Crippen molar-refractivity contribution in [3.05, 3.63) is 94.5 Å². The molecule has 1 saturated heterocycles. The summed E-state index contributed by atoms with van der Waals surface area (Å²) >= 11 is 6.17. The second-order valence-electron chi connectivity index (χ2n) is 10.2. The van der Waals surface area contributed by atoms with Crippen LogP contribution in [0.4, 0.5) is 0 Å². The lowest BCUT2D eigenvalue weighted by molar-refractivity contribution is -0.133. The molecule has 0 N–H and O–H groups in total. The predicted octanol–water partition coefficient (Wildman–Crippen LogP) is 4.51. The van der Waals surface area contributed by atoms with Gasteiger partial charge in [-0.05, 0) is 54.1 Å². The molecule has 10 heteroatoms. The maximum absolute atomic E-state index is 14.0. The third kappa shape index (κ3) is 7.10. The fraction of sp³-hybridized carbons (Fsp3) is 0.344. The average molecular weight is 591 g/mol. The first-order valence-corrected chi connectivity index (χ1v) is 14.4. The Labute approximate surface area is 251 Å². The van der Waals surface area contributed by atoms with E-state index in [1.807, 2.05) is 48.5 Å². The number of carbonyl (C=O) groups excluding carboxylic acids is 2. The van der Waals surface area contributed by atoms with Crippen LogP contribution in [0.3, 0.4) is 0 Å². The van der Waals surface area contributed by atoms with Gasteiger partial charge in [0.15, 0.2) is 0 Å². The number of hydrazone groups is 1. The SMILES string of the molecule is COc1ccc(C(=O)N(CCN2CCOCC2)CC(=O)N2N=C(c3cccc(OC)c3)CC2c2ccc(Cl)cc2)cc1. The maximum Gasteiger partial charge on any atom is 0.262 e. The van der Waals surface area contributed by atoms with Gasteiger partial charge < -0.3 is 19.1 Å². The molecule has 2 aliphatic heterocycles. The Kier molecular flexibility index (Phi) is 9.74. The number of rotatable bonds is 10. The van der Waals surface area contributed by atoms with Gasteiger partial charge >= 0.3 is 0 Å². The molecule has 0 spiro atoms. The van der Waals surface area contributed by atoms with Crippen molar-refractivity contribution in [3.63, 3.8) is 0 Å². The van der Waals surface area contributed by atoms with Gasteiger partial charge in [0.05, 0.1) is 39.2 Å². The normalized spacial score (nSPS) is 17.1. The summed E-state index contributed by atoms with van der Waals surface area (Å²) in [5.74, 6) is 0.877. The molecule has 220 valence electrons. The van der Waals surface area contributed by atoms with Crippen molar-refractivity contribution in [3.8, 4) is 11.5 Å². The molecular formula is C32H35ClN4O5. The highest BCUT2D eigenvalue weighted by Gasteiger charge is 2.35.